The highest BCUT2D eigenvalue weighted by Gasteiger charge is 2.16. The van der Waals surface area contributed by atoms with Crippen molar-refractivity contribution in [1.29, 1.82) is 0 Å². The molecule has 1 N–H and O–H groups in total. The van der Waals surface area contributed by atoms with Crippen LogP contribution in [-0.4, -0.2) is 11.1 Å². The number of hydrogen-bond acceptors (Lipinski definition) is 2. The van der Waals surface area contributed by atoms with Gasteiger partial charge in [0.15, 0.2) is 11.6 Å². The molecule has 3 nitrogen and oxygen atoms in total. The van der Waals surface area contributed by atoms with Gasteiger partial charge in [0.1, 0.15) is 6.61 Å². The Morgan fingerprint density at radius 3 is 2.65 bits per heavy atom. The van der Waals surface area contributed by atoms with E-state index in [1.54, 1.807) is 0 Å². The van der Waals surface area contributed by atoms with Crippen LogP contribution in [0.2, 0.25) is 0 Å². The molecule has 0 unspecified atom stereocenters. The predicted molar refractivity (Wildman–Crippen MR) is 79.5 cm³/mol. The number of carbonyl (C=O) groups is 1. The van der Waals surface area contributed by atoms with Gasteiger partial charge in [-0.1, -0.05) is 28.1 Å². The third-order valence-electron chi connectivity index (χ3n) is 2.56. The zero-order valence-electron chi connectivity index (χ0n) is 10.1. The zero-order chi connectivity index (χ0) is 14.7. The maximum absolute atomic E-state index is 14.0. The Morgan fingerprint density at radius 1 is 1.25 bits per heavy atom. The predicted octanol–water partition coefficient (Wildman–Crippen LogP) is 4.63. The molecule has 0 aliphatic rings. The van der Waals surface area contributed by atoms with Crippen molar-refractivity contribution in [3.63, 3.8) is 0 Å². The van der Waals surface area contributed by atoms with Crippen LogP contribution in [0, 0.1) is 5.82 Å². The van der Waals surface area contributed by atoms with Gasteiger partial charge in [-0.05, 0) is 45.8 Å². The minimum absolute atomic E-state index is 0.00171. The summed E-state index contributed by atoms with van der Waals surface area (Å²) in [5.41, 5.74) is 0.731. The van der Waals surface area contributed by atoms with Gasteiger partial charge in [-0.15, -0.1) is 0 Å². The monoisotopic (exact) mass is 402 g/mol. The Labute approximate surface area is 131 Å². The lowest BCUT2D eigenvalue weighted by Gasteiger charge is -2.10. The molecule has 0 spiro atoms. The first-order valence-corrected chi connectivity index (χ1v) is 7.16. The molecule has 0 aromatic heterocycles. The SMILES string of the molecule is O=C(O)c1ccc(OCc2cccc(Br)c2)c(F)c1Br. The van der Waals surface area contributed by atoms with E-state index in [4.69, 9.17) is 9.84 Å². The van der Waals surface area contributed by atoms with Gasteiger partial charge in [-0.25, -0.2) is 9.18 Å². The van der Waals surface area contributed by atoms with Crippen LogP contribution in [0.3, 0.4) is 0 Å². The van der Waals surface area contributed by atoms with Crippen molar-refractivity contribution in [2.24, 2.45) is 0 Å². The normalized spacial score (nSPS) is 10.3. The Kier molecular flexibility index (Phi) is 4.77. The summed E-state index contributed by atoms with van der Waals surface area (Å²) in [5, 5.41) is 8.88. The maximum Gasteiger partial charge on any atom is 0.336 e. The molecule has 2 aromatic carbocycles. The summed E-state index contributed by atoms with van der Waals surface area (Å²) in [7, 11) is 0. The molecular weight excluding hydrogens is 395 g/mol. The zero-order valence-corrected chi connectivity index (χ0v) is 13.2. The van der Waals surface area contributed by atoms with Crippen LogP contribution in [0.1, 0.15) is 15.9 Å². The van der Waals surface area contributed by atoms with E-state index in [2.05, 4.69) is 31.9 Å². The Morgan fingerprint density at radius 2 is 2.00 bits per heavy atom. The average molecular weight is 404 g/mol. The number of hydrogen-bond donors (Lipinski definition) is 1. The van der Waals surface area contributed by atoms with E-state index >= 15 is 0 Å². The third kappa shape index (κ3) is 3.37. The van der Waals surface area contributed by atoms with Crippen LogP contribution < -0.4 is 4.74 Å². The highest BCUT2D eigenvalue weighted by atomic mass is 79.9. The molecule has 2 rings (SSSR count). The number of aromatic carboxylic acids is 1. The van der Waals surface area contributed by atoms with Crippen LogP contribution in [0.25, 0.3) is 0 Å². The smallest absolute Gasteiger partial charge is 0.336 e. The van der Waals surface area contributed by atoms with Crippen LogP contribution in [0.4, 0.5) is 4.39 Å². The van der Waals surface area contributed by atoms with Gasteiger partial charge in [-0.2, -0.15) is 0 Å². The molecule has 0 heterocycles. The summed E-state index contributed by atoms with van der Waals surface area (Å²) in [6, 6.07) is 10.0. The second-order valence-electron chi connectivity index (χ2n) is 3.96. The van der Waals surface area contributed by atoms with Gasteiger partial charge in [0.25, 0.3) is 0 Å². The Hall–Kier alpha value is -1.40. The fourth-order valence-corrected chi connectivity index (χ4v) is 2.54. The highest BCUT2D eigenvalue weighted by molar-refractivity contribution is 9.10. The molecule has 0 amide bonds. The molecule has 2 aromatic rings. The molecule has 0 aliphatic carbocycles. The molecule has 0 radical (unpaired) electrons. The minimum atomic E-state index is -1.20. The first-order chi connectivity index (χ1) is 9.49. The van der Waals surface area contributed by atoms with Crippen LogP contribution >= 0.6 is 31.9 Å². The van der Waals surface area contributed by atoms with Gasteiger partial charge in [0.2, 0.25) is 0 Å². The number of halogens is 3. The quantitative estimate of drug-likeness (QED) is 0.809. The summed E-state index contributed by atoms with van der Waals surface area (Å²) in [6.45, 7) is 0.190. The van der Waals surface area contributed by atoms with Crippen molar-refractivity contribution < 1.29 is 19.0 Å². The minimum Gasteiger partial charge on any atom is -0.486 e. The number of rotatable bonds is 4. The Bertz CT molecular complexity index is 659. The van der Waals surface area contributed by atoms with Crippen molar-refractivity contribution in [2.45, 2.75) is 6.61 Å². The van der Waals surface area contributed by atoms with Crippen molar-refractivity contribution in [1.82, 2.24) is 0 Å². The van der Waals surface area contributed by atoms with Gasteiger partial charge in [0.05, 0.1) is 10.0 Å². The van der Waals surface area contributed by atoms with Crippen molar-refractivity contribution in [3.8, 4) is 5.75 Å². The van der Waals surface area contributed by atoms with E-state index in [-0.39, 0.29) is 22.4 Å². The molecular formula is C14H9Br2FO3. The molecule has 0 atom stereocenters. The fourth-order valence-electron chi connectivity index (χ4n) is 1.60. The summed E-state index contributed by atoms with van der Waals surface area (Å²) in [5.74, 6) is -1.92. The van der Waals surface area contributed by atoms with E-state index in [0.717, 1.165) is 10.0 Å². The first-order valence-electron chi connectivity index (χ1n) is 5.57. The lowest BCUT2D eigenvalue weighted by Crippen LogP contribution is -2.03. The number of ether oxygens (including phenoxy) is 1. The maximum atomic E-state index is 14.0. The third-order valence-corrected chi connectivity index (χ3v) is 3.83. The van der Waals surface area contributed by atoms with Crippen molar-refractivity contribution in [3.05, 3.63) is 62.3 Å². The topological polar surface area (TPSA) is 46.5 Å². The Balaban J connectivity index is 2.18. The second kappa shape index (κ2) is 6.37. The van der Waals surface area contributed by atoms with E-state index in [1.165, 1.54) is 12.1 Å². The van der Waals surface area contributed by atoms with Crippen LogP contribution in [0.5, 0.6) is 5.75 Å². The molecule has 0 saturated heterocycles. The summed E-state index contributed by atoms with van der Waals surface area (Å²) in [6.07, 6.45) is 0. The fraction of sp³-hybridized carbons (Fsp3) is 0.0714. The standard InChI is InChI=1S/C14H9Br2FO3/c15-9-3-1-2-8(6-9)7-20-11-5-4-10(14(18)19)12(16)13(11)17/h1-6H,7H2,(H,18,19). The lowest BCUT2D eigenvalue weighted by molar-refractivity contribution is 0.0695. The molecule has 0 saturated carbocycles. The van der Waals surface area contributed by atoms with Crippen LogP contribution in [0.15, 0.2) is 45.3 Å². The largest absolute Gasteiger partial charge is 0.486 e. The average Bonchev–Trinajstić information content (AvgIpc) is 2.40. The first kappa shape index (κ1) is 15.0. The summed E-state index contributed by atoms with van der Waals surface area (Å²) >= 11 is 6.26. The highest BCUT2D eigenvalue weighted by Crippen LogP contribution is 2.29. The number of carboxylic acid groups (broad SMARTS) is 1. The van der Waals surface area contributed by atoms with E-state index in [9.17, 15) is 9.18 Å². The molecule has 20 heavy (non-hydrogen) atoms. The molecule has 0 bridgehead atoms. The molecule has 0 aliphatic heterocycles. The summed E-state index contributed by atoms with van der Waals surface area (Å²) in [4.78, 5) is 10.9. The molecule has 6 heteroatoms. The molecule has 104 valence electrons. The van der Waals surface area contributed by atoms with E-state index in [1.807, 2.05) is 24.3 Å². The van der Waals surface area contributed by atoms with E-state index < -0.39 is 11.8 Å². The molecule has 0 fully saturated rings. The summed E-state index contributed by atoms with van der Waals surface area (Å²) < 4.78 is 20.1. The second-order valence-corrected chi connectivity index (χ2v) is 5.67. The van der Waals surface area contributed by atoms with E-state index in [0.29, 0.717) is 0 Å². The van der Waals surface area contributed by atoms with Gasteiger partial charge in [0, 0.05) is 4.47 Å². The number of carboxylic acids is 1. The van der Waals surface area contributed by atoms with Crippen molar-refractivity contribution in [2.75, 3.05) is 0 Å². The van der Waals surface area contributed by atoms with Gasteiger partial charge < -0.3 is 9.84 Å². The van der Waals surface area contributed by atoms with Gasteiger partial charge >= 0.3 is 5.97 Å². The lowest BCUT2D eigenvalue weighted by atomic mass is 10.2. The van der Waals surface area contributed by atoms with Crippen molar-refractivity contribution >= 4 is 37.8 Å². The van der Waals surface area contributed by atoms with Crippen LogP contribution in [-0.2, 0) is 6.61 Å². The van der Waals surface area contributed by atoms with Gasteiger partial charge in [-0.3, -0.25) is 0 Å². The number of benzene rings is 2.